The molecule has 1 aliphatic rings. The van der Waals surface area contributed by atoms with Crippen molar-refractivity contribution in [2.75, 3.05) is 7.11 Å². The first kappa shape index (κ1) is 12.0. The first-order valence-corrected chi connectivity index (χ1v) is 5.79. The zero-order valence-electron chi connectivity index (χ0n) is 9.25. The third-order valence-electron chi connectivity index (χ3n) is 2.67. The quantitative estimate of drug-likeness (QED) is 0.688. The number of hydrogen-bond donors (Lipinski definition) is 1. The Morgan fingerprint density at radius 3 is 2.94 bits per heavy atom. The van der Waals surface area contributed by atoms with Crippen molar-refractivity contribution >= 4 is 21.9 Å². The predicted molar refractivity (Wildman–Crippen MR) is 65.4 cm³/mol. The van der Waals surface area contributed by atoms with Crippen molar-refractivity contribution in [3.63, 3.8) is 0 Å². The average molecular weight is 299 g/mol. The fourth-order valence-corrected chi connectivity index (χ4v) is 2.61. The lowest BCUT2D eigenvalue weighted by Gasteiger charge is -2.14. The van der Waals surface area contributed by atoms with Crippen molar-refractivity contribution in [1.82, 2.24) is 0 Å². The van der Waals surface area contributed by atoms with Crippen molar-refractivity contribution in [2.24, 2.45) is 0 Å². The molecule has 0 spiro atoms. The van der Waals surface area contributed by atoms with Gasteiger partial charge in [-0.2, -0.15) is 0 Å². The molecule has 0 atom stereocenters. The second-order valence-corrected chi connectivity index (χ2v) is 4.39. The average Bonchev–Trinajstić information content (AvgIpc) is 2.69. The number of hydrogen-bond acceptors (Lipinski definition) is 4. The molecule has 0 aliphatic carbocycles. The van der Waals surface area contributed by atoms with Gasteiger partial charge >= 0.3 is 5.97 Å². The Morgan fingerprint density at radius 1 is 1.65 bits per heavy atom. The molecule has 0 saturated heterocycles. The number of benzene rings is 1. The number of carbonyl (C=O) groups excluding carboxylic acids is 1. The number of esters is 1. The summed E-state index contributed by atoms with van der Waals surface area (Å²) in [7, 11) is 1.51. The van der Waals surface area contributed by atoms with Crippen LogP contribution in [0.15, 0.2) is 17.1 Å². The van der Waals surface area contributed by atoms with Crippen molar-refractivity contribution in [3.05, 3.63) is 33.8 Å². The van der Waals surface area contributed by atoms with Crippen LogP contribution >= 0.6 is 15.9 Å². The molecule has 0 bridgehead atoms. The highest BCUT2D eigenvalue weighted by Gasteiger charge is 2.32. The first-order valence-electron chi connectivity index (χ1n) is 5.00. The monoisotopic (exact) mass is 298 g/mol. The van der Waals surface area contributed by atoms with Gasteiger partial charge in [0.1, 0.15) is 23.7 Å². The van der Waals surface area contributed by atoms with Crippen molar-refractivity contribution in [3.8, 4) is 11.5 Å². The molecule has 1 aromatic rings. The first-order chi connectivity index (χ1) is 8.11. The van der Waals surface area contributed by atoms with Gasteiger partial charge in [-0.25, -0.2) is 4.79 Å². The highest BCUT2D eigenvalue weighted by Crippen LogP contribution is 2.44. The van der Waals surface area contributed by atoms with Gasteiger partial charge in [0.05, 0.1) is 11.6 Å². The molecule has 1 N–H and O–H groups in total. The number of halogens is 1. The van der Waals surface area contributed by atoms with E-state index in [1.165, 1.54) is 7.11 Å². The smallest absolute Gasteiger partial charge is 0.342 e. The van der Waals surface area contributed by atoms with Crippen molar-refractivity contribution in [2.45, 2.75) is 13.0 Å². The van der Waals surface area contributed by atoms with Crippen molar-refractivity contribution < 1.29 is 19.4 Å². The minimum atomic E-state index is -0.508. The summed E-state index contributed by atoms with van der Waals surface area (Å²) in [6.45, 7) is 3.76. The molecule has 1 aliphatic heterocycles. The third kappa shape index (κ3) is 1.70. The summed E-state index contributed by atoms with van der Waals surface area (Å²) in [6, 6.07) is 0. The van der Waals surface area contributed by atoms with Crippen LogP contribution in [0.1, 0.15) is 21.5 Å². The Hall–Kier alpha value is -1.49. The highest BCUT2D eigenvalue weighted by molar-refractivity contribution is 9.10. The Bertz CT molecular complexity index is 508. The van der Waals surface area contributed by atoms with E-state index >= 15 is 0 Å². The van der Waals surface area contributed by atoms with E-state index in [0.717, 1.165) is 0 Å². The number of cyclic esters (lactones) is 1. The molecule has 4 nitrogen and oxygen atoms in total. The number of methoxy groups -OCH3 is 1. The number of aromatic hydroxyl groups is 1. The third-order valence-corrected chi connectivity index (χ3v) is 3.51. The molecule has 0 aromatic heterocycles. The lowest BCUT2D eigenvalue weighted by Crippen LogP contribution is -2.01. The van der Waals surface area contributed by atoms with Crippen LogP contribution in [0.5, 0.6) is 11.5 Å². The summed E-state index contributed by atoms with van der Waals surface area (Å²) < 4.78 is 10.8. The van der Waals surface area contributed by atoms with Gasteiger partial charge in [0.25, 0.3) is 0 Å². The molecule has 0 saturated carbocycles. The lowest BCUT2D eigenvalue weighted by molar-refractivity contribution is 0.0533. The molecule has 0 fully saturated rings. The Morgan fingerprint density at radius 2 is 2.35 bits per heavy atom. The van der Waals surface area contributed by atoms with Gasteiger partial charge in [-0.1, -0.05) is 6.08 Å². The van der Waals surface area contributed by atoms with Gasteiger partial charge in [0.2, 0.25) is 0 Å². The molecule has 5 heteroatoms. The SMILES string of the molecule is C=CCc1c(O)c2c(c(Br)c1OC)COC2=O. The van der Waals surface area contributed by atoms with Gasteiger partial charge < -0.3 is 14.6 Å². The van der Waals surface area contributed by atoms with E-state index in [0.29, 0.717) is 27.8 Å². The van der Waals surface area contributed by atoms with E-state index in [2.05, 4.69) is 22.5 Å². The van der Waals surface area contributed by atoms with Crippen LogP contribution in [0.4, 0.5) is 0 Å². The van der Waals surface area contributed by atoms with Crippen LogP contribution in [-0.2, 0) is 17.8 Å². The molecule has 1 heterocycles. The standard InChI is InChI=1S/C12H11BrO4/c1-3-4-6-10(14)8-7(5-17-12(8)15)9(13)11(6)16-2/h3,14H,1,4-5H2,2H3. The molecule has 0 unspecified atom stereocenters. The number of phenolic OH excluding ortho intramolecular Hbond substituents is 1. The zero-order chi connectivity index (χ0) is 12.6. The fraction of sp³-hybridized carbons (Fsp3) is 0.250. The van der Waals surface area contributed by atoms with Crippen LogP contribution in [0, 0.1) is 0 Å². The van der Waals surface area contributed by atoms with Crippen LogP contribution in [0.2, 0.25) is 0 Å². The number of carbonyl (C=O) groups is 1. The molecular formula is C12H11BrO4. The van der Waals surface area contributed by atoms with Gasteiger partial charge in [0, 0.05) is 11.1 Å². The molecule has 2 rings (SSSR count). The second kappa shape index (κ2) is 4.41. The van der Waals surface area contributed by atoms with Crippen LogP contribution < -0.4 is 4.74 Å². The number of rotatable bonds is 3. The second-order valence-electron chi connectivity index (χ2n) is 3.60. The number of phenols is 1. The lowest BCUT2D eigenvalue weighted by atomic mass is 10.0. The Balaban J connectivity index is 2.76. The molecule has 90 valence electrons. The largest absolute Gasteiger partial charge is 0.507 e. The van der Waals surface area contributed by atoms with E-state index in [4.69, 9.17) is 9.47 Å². The maximum atomic E-state index is 11.5. The van der Waals surface area contributed by atoms with Crippen LogP contribution in [-0.4, -0.2) is 18.2 Å². The van der Waals surface area contributed by atoms with E-state index in [1.807, 2.05) is 0 Å². The molecular weight excluding hydrogens is 288 g/mol. The summed E-state index contributed by atoms with van der Waals surface area (Å²) in [5, 5.41) is 10.1. The van der Waals surface area contributed by atoms with Crippen LogP contribution in [0.25, 0.3) is 0 Å². The van der Waals surface area contributed by atoms with Gasteiger partial charge in [-0.05, 0) is 22.4 Å². The zero-order valence-corrected chi connectivity index (χ0v) is 10.8. The molecule has 17 heavy (non-hydrogen) atoms. The van der Waals surface area contributed by atoms with E-state index in [1.54, 1.807) is 6.08 Å². The minimum Gasteiger partial charge on any atom is -0.507 e. The van der Waals surface area contributed by atoms with Crippen molar-refractivity contribution in [1.29, 1.82) is 0 Å². The van der Waals surface area contributed by atoms with Gasteiger partial charge in [-0.15, -0.1) is 6.58 Å². The molecule has 1 aromatic carbocycles. The van der Waals surface area contributed by atoms with Gasteiger partial charge in [-0.3, -0.25) is 0 Å². The minimum absolute atomic E-state index is 0.0811. The normalized spacial score (nSPS) is 13.2. The Labute approximate surface area is 107 Å². The fourth-order valence-electron chi connectivity index (χ4n) is 1.89. The highest BCUT2D eigenvalue weighted by atomic mass is 79.9. The van der Waals surface area contributed by atoms with Gasteiger partial charge in [0.15, 0.2) is 0 Å². The number of fused-ring (bicyclic) bond motifs is 1. The topological polar surface area (TPSA) is 55.8 Å². The molecule has 0 amide bonds. The number of allylic oxidation sites excluding steroid dienone is 1. The summed E-state index contributed by atoms with van der Waals surface area (Å²) in [4.78, 5) is 11.5. The summed E-state index contributed by atoms with van der Waals surface area (Å²) >= 11 is 3.37. The summed E-state index contributed by atoms with van der Waals surface area (Å²) in [6.07, 6.45) is 2.05. The van der Waals surface area contributed by atoms with E-state index in [-0.39, 0.29) is 17.9 Å². The Kier molecular flexibility index (Phi) is 3.11. The van der Waals surface area contributed by atoms with E-state index in [9.17, 15) is 9.90 Å². The van der Waals surface area contributed by atoms with E-state index < -0.39 is 5.97 Å². The van der Waals surface area contributed by atoms with Crippen LogP contribution in [0.3, 0.4) is 0 Å². The predicted octanol–water partition coefficient (Wildman–Crippen LogP) is 2.56. The maximum Gasteiger partial charge on any atom is 0.342 e. The maximum absolute atomic E-state index is 11.5. The number of ether oxygens (including phenoxy) is 2. The summed E-state index contributed by atoms with van der Waals surface area (Å²) in [5.74, 6) is -0.0759. The molecule has 0 radical (unpaired) electrons. The summed E-state index contributed by atoms with van der Waals surface area (Å²) in [5.41, 5.74) is 1.37.